The third-order valence-electron chi connectivity index (χ3n) is 7.44. The maximum atomic E-state index is 15.1. The predicted molar refractivity (Wildman–Crippen MR) is 119 cm³/mol. The van der Waals surface area contributed by atoms with Crippen LogP contribution in [0.4, 0.5) is 17.6 Å². The molecule has 2 aromatic carbocycles. The molecule has 2 aromatic rings. The highest BCUT2D eigenvalue weighted by Gasteiger charge is 2.31. The van der Waals surface area contributed by atoms with Crippen molar-refractivity contribution in [3.8, 4) is 11.8 Å². The van der Waals surface area contributed by atoms with Gasteiger partial charge in [0.1, 0.15) is 5.82 Å². The minimum Gasteiger partial charge on any atom is -0.205 e. The van der Waals surface area contributed by atoms with Crippen molar-refractivity contribution in [2.45, 2.75) is 71.1 Å². The van der Waals surface area contributed by atoms with Crippen LogP contribution in [0.2, 0.25) is 0 Å². The summed E-state index contributed by atoms with van der Waals surface area (Å²) in [5, 5.41) is 0. The van der Waals surface area contributed by atoms with E-state index in [1.54, 1.807) is 6.07 Å². The molecule has 0 radical (unpaired) electrons. The van der Waals surface area contributed by atoms with Crippen molar-refractivity contribution in [1.29, 1.82) is 0 Å². The molecule has 0 N–H and O–H groups in total. The summed E-state index contributed by atoms with van der Waals surface area (Å²) in [5.74, 6) is 3.02. The Morgan fingerprint density at radius 2 is 1.56 bits per heavy atom. The zero-order chi connectivity index (χ0) is 22.7. The molecule has 0 spiro atoms. The average Bonchev–Trinajstić information content (AvgIpc) is 2.81. The molecule has 1 atom stereocenters. The fourth-order valence-corrected chi connectivity index (χ4v) is 5.54. The highest BCUT2D eigenvalue weighted by molar-refractivity contribution is 5.47. The molecule has 0 nitrogen and oxygen atoms in total. The van der Waals surface area contributed by atoms with E-state index in [0.29, 0.717) is 12.3 Å². The second-order valence-corrected chi connectivity index (χ2v) is 9.49. The van der Waals surface area contributed by atoms with E-state index in [4.69, 9.17) is 0 Å². The molecule has 2 aliphatic carbocycles. The molecule has 0 bridgehead atoms. The monoisotopic (exact) mass is 442 g/mol. The Labute approximate surface area is 188 Å². The second-order valence-electron chi connectivity index (χ2n) is 9.49. The summed E-state index contributed by atoms with van der Waals surface area (Å²) in [7, 11) is 0. The highest BCUT2D eigenvalue weighted by Crippen LogP contribution is 2.41. The third-order valence-corrected chi connectivity index (χ3v) is 7.44. The van der Waals surface area contributed by atoms with Crippen LogP contribution in [-0.4, -0.2) is 0 Å². The lowest BCUT2D eigenvalue weighted by Gasteiger charge is -2.36. The molecule has 1 saturated carbocycles. The van der Waals surface area contributed by atoms with Gasteiger partial charge < -0.3 is 0 Å². The summed E-state index contributed by atoms with van der Waals surface area (Å²) in [4.78, 5) is 0. The van der Waals surface area contributed by atoms with Gasteiger partial charge in [0.15, 0.2) is 17.5 Å². The molecule has 170 valence electrons. The molecule has 0 aromatic heterocycles. The van der Waals surface area contributed by atoms with Crippen molar-refractivity contribution in [3.63, 3.8) is 0 Å². The SMILES string of the molecule is CCCCC1CCC(C2CCc3c(ccc(C#Cc4cc(F)c(F)c(F)c4)c3F)C2)CC1. The number of hydrogen-bond acceptors (Lipinski definition) is 0. The third kappa shape index (κ3) is 5.03. The minimum atomic E-state index is -1.53. The number of benzene rings is 2. The molecule has 1 fully saturated rings. The standard InChI is InChI=1S/C28H30F4/c1-2-3-4-18-5-8-20(9-6-18)22-13-14-24-23(17-22)12-11-21(27(24)31)10-7-19-15-25(29)28(32)26(30)16-19/h11-12,15-16,18,20,22H,2-6,8-9,13-14,17H2,1H3. The lowest BCUT2D eigenvalue weighted by atomic mass is 9.69. The van der Waals surface area contributed by atoms with Crippen LogP contribution in [0, 0.1) is 52.9 Å². The summed E-state index contributed by atoms with van der Waals surface area (Å²) in [6.45, 7) is 2.25. The molecule has 32 heavy (non-hydrogen) atoms. The molecule has 2 aliphatic rings. The van der Waals surface area contributed by atoms with Crippen LogP contribution in [-0.2, 0) is 12.8 Å². The van der Waals surface area contributed by atoms with Crippen LogP contribution in [0.25, 0.3) is 0 Å². The first-order valence-corrected chi connectivity index (χ1v) is 11.9. The van der Waals surface area contributed by atoms with Crippen LogP contribution in [0.15, 0.2) is 24.3 Å². The Hall–Kier alpha value is -2.28. The topological polar surface area (TPSA) is 0 Å². The summed E-state index contributed by atoms with van der Waals surface area (Å²) in [6, 6.07) is 5.25. The van der Waals surface area contributed by atoms with Gasteiger partial charge in [-0.05, 0) is 79.2 Å². The van der Waals surface area contributed by atoms with Crippen molar-refractivity contribution in [2.24, 2.45) is 17.8 Å². The first kappa shape index (κ1) is 22.9. The Morgan fingerprint density at radius 3 is 2.25 bits per heavy atom. The van der Waals surface area contributed by atoms with E-state index < -0.39 is 17.5 Å². The number of halogens is 4. The van der Waals surface area contributed by atoms with E-state index in [0.717, 1.165) is 47.9 Å². The zero-order valence-electron chi connectivity index (χ0n) is 18.6. The molecular weight excluding hydrogens is 412 g/mol. The lowest BCUT2D eigenvalue weighted by Crippen LogP contribution is -2.27. The van der Waals surface area contributed by atoms with E-state index >= 15 is 4.39 Å². The lowest BCUT2D eigenvalue weighted by molar-refractivity contribution is 0.182. The molecule has 0 aliphatic heterocycles. The van der Waals surface area contributed by atoms with E-state index in [1.165, 1.54) is 44.9 Å². The van der Waals surface area contributed by atoms with Crippen molar-refractivity contribution in [3.05, 3.63) is 69.8 Å². The largest absolute Gasteiger partial charge is 0.205 e. The van der Waals surface area contributed by atoms with Gasteiger partial charge in [-0.3, -0.25) is 0 Å². The van der Waals surface area contributed by atoms with E-state index in [-0.39, 0.29) is 16.9 Å². The highest BCUT2D eigenvalue weighted by atomic mass is 19.2. The van der Waals surface area contributed by atoms with Gasteiger partial charge >= 0.3 is 0 Å². The van der Waals surface area contributed by atoms with Gasteiger partial charge in [-0.2, -0.15) is 0 Å². The Kier molecular flexibility index (Phi) is 7.23. The van der Waals surface area contributed by atoms with Crippen molar-refractivity contribution >= 4 is 0 Å². The van der Waals surface area contributed by atoms with Crippen molar-refractivity contribution < 1.29 is 17.6 Å². The van der Waals surface area contributed by atoms with Crippen molar-refractivity contribution in [1.82, 2.24) is 0 Å². The number of hydrogen-bond donors (Lipinski definition) is 0. The molecule has 0 amide bonds. The molecule has 0 heterocycles. The van der Waals surface area contributed by atoms with E-state index in [9.17, 15) is 13.2 Å². The zero-order valence-corrected chi connectivity index (χ0v) is 18.6. The number of unbranched alkanes of at least 4 members (excludes halogenated alkanes) is 1. The van der Waals surface area contributed by atoms with E-state index in [2.05, 4.69) is 18.8 Å². The summed E-state index contributed by atoms with van der Waals surface area (Å²) in [5.41, 5.74) is 1.98. The van der Waals surface area contributed by atoms with Gasteiger partial charge in [-0.1, -0.05) is 56.9 Å². The first-order valence-electron chi connectivity index (χ1n) is 11.9. The van der Waals surface area contributed by atoms with Gasteiger partial charge in [-0.15, -0.1) is 0 Å². The molecule has 0 saturated heterocycles. The van der Waals surface area contributed by atoms with Crippen LogP contribution in [0.3, 0.4) is 0 Å². The predicted octanol–water partition coefficient (Wildman–Crippen LogP) is 7.74. The van der Waals surface area contributed by atoms with Crippen LogP contribution in [0.1, 0.15) is 80.5 Å². The fraction of sp³-hybridized carbons (Fsp3) is 0.500. The van der Waals surface area contributed by atoms with Gasteiger partial charge in [0.2, 0.25) is 0 Å². The van der Waals surface area contributed by atoms with Gasteiger partial charge in [-0.25, -0.2) is 17.6 Å². The van der Waals surface area contributed by atoms with Crippen molar-refractivity contribution in [2.75, 3.05) is 0 Å². The Bertz CT molecular complexity index is 999. The van der Waals surface area contributed by atoms with Crippen LogP contribution < -0.4 is 0 Å². The summed E-state index contributed by atoms with van der Waals surface area (Å²) in [6.07, 6.45) is 11.9. The molecule has 1 unspecified atom stereocenters. The number of rotatable bonds is 4. The maximum Gasteiger partial charge on any atom is 0.194 e. The van der Waals surface area contributed by atoms with Gasteiger partial charge in [0.05, 0.1) is 5.56 Å². The number of fused-ring (bicyclic) bond motifs is 1. The summed E-state index contributed by atoms with van der Waals surface area (Å²) >= 11 is 0. The minimum absolute atomic E-state index is 0.0203. The Morgan fingerprint density at radius 1 is 0.844 bits per heavy atom. The van der Waals surface area contributed by atoms with E-state index in [1.807, 2.05) is 6.07 Å². The summed E-state index contributed by atoms with van der Waals surface area (Å²) < 4.78 is 55.0. The smallest absolute Gasteiger partial charge is 0.194 e. The molecular formula is C28H30F4. The normalized spacial score (nSPS) is 22.7. The van der Waals surface area contributed by atoms with Crippen LogP contribution in [0.5, 0.6) is 0 Å². The quantitative estimate of drug-likeness (QED) is 0.258. The second kappa shape index (κ2) is 10.1. The Balaban J connectivity index is 1.44. The first-order chi connectivity index (χ1) is 15.5. The molecule has 4 heteroatoms. The van der Waals surface area contributed by atoms with Crippen LogP contribution >= 0.6 is 0 Å². The molecule has 4 rings (SSSR count). The van der Waals surface area contributed by atoms with Gasteiger partial charge in [0.25, 0.3) is 0 Å². The maximum absolute atomic E-state index is 15.1. The van der Waals surface area contributed by atoms with Gasteiger partial charge in [0, 0.05) is 5.56 Å². The average molecular weight is 443 g/mol. The fourth-order valence-electron chi connectivity index (χ4n) is 5.54.